The molecule has 0 aliphatic carbocycles. The third kappa shape index (κ3) is 4.55. The van der Waals surface area contributed by atoms with E-state index in [2.05, 4.69) is 15.2 Å². The minimum absolute atomic E-state index is 0.0148. The highest BCUT2D eigenvalue weighted by Crippen LogP contribution is 2.32. The van der Waals surface area contributed by atoms with Gasteiger partial charge in [0.05, 0.1) is 11.1 Å². The van der Waals surface area contributed by atoms with E-state index in [1.165, 1.54) is 18.3 Å². The van der Waals surface area contributed by atoms with Crippen LogP contribution in [0.3, 0.4) is 0 Å². The number of rotatable bonds is 4. The molecule has 4 nitrogen and oxygen atoms in total. The van der Waals surface area contributed by atoms with E-state index in [1.54, 1.807) is 12.1 Å². The van der Waals surface area contributed by atoms with E-state index in [4.69, 9.17) is 5.26 Å². The van der Waals surface area contributed by atoms with Gasteiger partial charge in [0, 0.05) is 37.4 Å². The molecule has 0 amide bonds. The molecule has 3 rings (SSSR count). The van der Waals surface area contributed by atoms with Crippen LogP contribution < -0.4 is 10.2 Å². The van der Waals surface area contributed by atoms with Gasteiger partial charge in [-0.2, -0.15) is 18.4 Å². The lowest BCUT2D eigenvalue weighted by Crippen LogP contribution is -2.42. The third-order valence-electron chi connectivity index (χ3n) is 4.66. The summed E-state index contributed by atoms with van der Waals surface area (Å²) < 4.78 is 52.4. The standard InChI is InChI=1S/C19H18F4N4/c20-18-14(2-1-3-16(18)19(21,22)23)12-25-15-6-8-27(9-7-15)17-5-4-13(10-24)11-26-17/h1-5,11,15,25H,6-9,12H2. The van der Waals surface area contributed by atoms with Gasteiger partial charge in [0.15, 0.2) is 0 Å². The lowest BCUT2D eigenvalue weighted by molar-refractivity contribution is -0.140. The van der Waals surface area contributed by atoms with Crippen molar-refractivity contribution in [3.63, 3.8) is 0 Å². The lowest BCUT2D eigenvalue weighted by atomic mass is 10.0. The molecule has 27 heavy (non-hydrogen) atoms. The van der Waals surface area contributed by atoms with Gasteiger partial charge in [-0.25, -0.2) is 9.37 Å². The van der Waals surface area contributed by atoms with Crippen LogP contribution in [0, 0.1) is 17.1 Å². The first-order valence-electron chi connectivity index (χ1n) is 8.57. The summed E-state index contributed by atoms with van der Waals surface area (Å²) in [5, 5.41) is 12.0. The van der Waals surface area contributed by atoms with E-state index in [-0.39, 0.29) is 18.2 Å². The van der Waals surface area contributed by atoms with E-state index in [0.29, 0.717) is 5.56 Å². The smallest absolute Gasteiger partial charge is 0.357 e. The molecule has 2 aromatic rings. The number of nitrogens with one attached hydrogen (secondary N) is 1. The van der Waals surface area contributed by atoms with Crippen molar-refractivity contribution in [2.75, 3.05) is 18.0 Å². The van der Waals surface area contributed by atoms with Gasteiger partial charge in [-0.15, -0.1) is 0 Å². The number of benzene rings is 1. The molecule has 8 heteroatoms. The number of hydrogen-bond donors (Lipinski definition) is 1. The predicted molar refractivity (Wildman–Crippen MR) is 92.4 cm³/mol. The topological polar surface area (TPSA) is 52.0 Å². The number of hydrogen-bond acceptors (Lipinski definition) is 4. The summed E-state index contributed by atoms with van der Waals surface area (Å²) in [5.41, 5.74) is -0.720. The minimum Gasteiger partial charge on any atom is -0.357 e. The molecular weight excluding hydrogens is 360 g/mol. The van der Waals surface area contributed by atoms with Gasteiger partial charge in [0.1, 0.15) is 17.7 Å². The first-order chi connectivity index (χ1) is 12.9. The summed E-state index contributed by atoms with van der Waals surface area (Å²) in [6, 6.07) is 8.97. The summed E-state index contributed by atoms with van der Waals surface area (Å²) in [4.78, 5) is 6.35. The van der Waals surface area contributed by atoms with Gasteiger partial charge < -0.3 is 10.2 Å². The maximum atomic E-state index is 14.1. The minimum atomic E-state index is -4.69. The van der Waals surface area contributed by atoms with Crippen LogP contribution in [0.15, 0.2) is 36.5 Å². The summed E-state index contributed by atoms with van der Waals surface area (Å²) in [5.74, 6) is -0.423. The fourth-order valence-electron chi connectivity index (χ4n) is 3.14. The second kappa shape index (κ2) is 7.92. The second-order valence-corrected chi connectivity index (χ2v) is 6.44. The summed E-state index contributed by atoms with van der Waals surface area (Å²) in [7, 11) is 0. The quantitative estimate of drug-likeness (QED) is 0.821. The van der Waals surface area contributed by atoms with Crippen LogP contribution in [-0.2, 0) is 12.7 Å². The van der Waals surface area contributed by atoms with Crippen LogP contribution in [-0.4, -0.2) is 24.1 Å². The van der Waals surface area contributed by atoms with E-state index in [1.807, 2.05) is 6.07 Å². The molecule has 0 saturated carbocycles. The van der Waals surface area contributed by atoms with E-state index in [9.17, 15) is 17.6 Å². The normalized spacial score (nSPS) is 15.6. The third-order valence-corrected chi connectivity index (χ3v) is 4.66. The van der Waals surface area contributed by atoms with Crippen molar-refractivity contribution >= 4 is 5.82 Å². The first-order valence-corrected chi connectivity index (χ1v) is 8.57. The molecule has 1 fully saturated rings. The molecule has 1 aliphatic rings. The molecule has 1 aromatic carbocycles. The first kappa shape index (κ1) is 19.1. The average Bonchev–Trinajstić information content (AvgIpc) is 2.67. The number of nitriles is 1. The SMILES string of the molecule is N#Cc1ccc(N2CCC(NCc3cccc(C(F)(F)F)c3F)CC2)nc1. The van der Waals surface area contributed by atoms with Crippen LogP contribution in [0.25, 0.3) is 0 Å². The van der Waals surface area contributed by atoms with Crippen molar-refractivity contribution in [2.45, 2.75) is 31.6 Å². The maximum absolute atomic E-state index is 14.1. The van der Waals surface area contributed by atoms with Crippen LogP contribution in [0.2, 0.25) is 0 Å². The van der Waals surface area contributed by atoms with Gasteiger partial charge >= 0.3 is 6.18 Å². The number of aromatic nitrogens is 1. The Hall–Kier alpha value is -2.66. The van der Waals surface area contributed by atoms with Crippen LogP contribution in [0.1, 0.15) is 29.5 Å². The zero-order valence-electron chi connectivity index (χ0n) is 14.4. The van der Waals surface area contributed by atoms with Gasteiger partial charge in [0.2, 0.25) is 0 Å². The van der Waals surface area contributed by atoms with E-state index in [0.717, 1.165) is 37.8 Å². The van der Waals surface area contributed by atoms with Gasteiger partial charge in [0.25, 0.3) is 0 Å². The number of anilines is 1. The molecular formula is C19H18F4N4. The molecule has 0 atom stereocenters. The summed E-state index contributed by atoms with van der Waals surface area (Å²) in [6.45, 7) is 1.50. The number of alkyl halides is 3. The molecule has 1 aromatic heterocycles. The van der Waals surface area contributed by atoms with Crippen molar-refractivity contribution in [1.29, 1.82) is 5.26 Å². The van der Waals surface area contributed by atoms with Gasteiger partial charge in [-0.05, 0) is 31.0 Å². The molecule has 1 N–H and O–H groups in total. The number of piperidine rings is 1. The van der Waals surface area contributed by atoms with Crippen LogP contribution in [0.4, 0.5) is 23.4 Å². The molecule has 142 valence electrons. The van der Waals surface area contributed by atoms with Crippen molar-refractivity contribution in [3.05, 3.63) is 59.0 Å². The zero-order chi connectivity index (χ0) is 19.4. The predicted octanol–water partition coefficient (Wildman–Crippen LogP) is 3.87. The Morgan fingerprint density at radius 1 is 1.19 bits per heavy atom. The largest absolute Gasteiger partial charge is 0.419 e. The average molecular weight is 378 g/mol. The van der Waals surface area contributed by atoms with Gasteiger partial charge in [-0.1, -0.05) is 12.1 Å². The highest BCUT2D eigenvalue weighted by molar-refractivity contribution is 5.42. The number of nitrogens with zero attached hydrogens (tertiary/aromatic N) is 3. The highest BCUT2D eigenvalue weighted by atomic mass is 19.4. The Labute approximate surface area is 154 Å². The lowest BCUT2D eigenvalue weighted by Gasteiger charge is -2.33. The fourth-order valence-corrected chi connectivity index (χ4v) is 3.14. The van der Waals surface area contributed by atoms with Crippen molar-refractivity contribution in [1.82, 2.24) is 10.3 Å². The van der Waals surface area contributed by atoms with Crippen LogP contribution >= 0.6 is 0 Å². The Kier molecular flexibility index (Phi) is 5.61. The van der Waals surface area contributed by atoms with E-state index >= 15 is 0 Å². The Bertz CT molecular complexity index is 819. The molecule has 1 saturated heterocycles. The second-order valence-electron chi connectivity index (χ2n) is 6.44. The summed E-state index contributed by atoms with van der Waals surface area (Å²) >= 11 is 0. The zero-order valence-corrected chi connectivity index (χ0v) is 14.4. The Balaban J connectivity index is 1.55. The number of halogens is 4. The monoisotopic (exact) mass is 378 g/mol. The van der Waals surface area contributed by atoms with Gasteiger partial charge in [-0.3, -0.25) is 0 Å². The Morgan fingerprint density at radius 3 is 2.52 bits per heavy atom. The molecule has 0 bridgehead atoms. The summed E-state index contributed by atoms with van der Waals surface area (Å²) in [6.07, 6.45) is -1.64. The van der Waals surface area contributed by atoms with Crippen molar-refractivity contribution in [2.24, 2.45) is 0 Å². The molecule has 0 spiro atoms. The van der Waals surface area contributed by atoms with Crippen LogP contribution in [0.5, 0.6) is 0 Å². The number of pyridine rings is 1. The van der Waals surface area contributed by atoms with E-state index < -0.39 is 17.6 Å². The molecule has 1 aliphatic heterocycles. The van der Waals surface area contributed by atoms with Crippen molar-refractivity contribution < 1.29 is 17.6 Å². The molecule has 0 radical (unpaired) electrons. The fraction of sp³-hybridized carbons (Fsp3) is 0.368. The maximum Gasteiger partial charge on any atom is 0.419 e. The molecule has 0 unspecified atom stereocenters. The van der Waals surface area contributed by atoms with Crippen molar-refractivity contribution in [3.8, 4) is 6.07 Å². The Morgan fingerprint density at radius 2 is 1.93 bits per heavy atom. The highest BCUT2D eigenvalue weighted by Gasteiger charge is 2.34. The molecule has 2 heterocycles.